The Hall–Kier alpha value is -3.35. The third-order valence-electron chi connectivity index (χ3n) is 7.29. The van der Waals surface area contributed by atoms with E-state index in [1.165, 1.54) is 0 Å². The normalized spacial score (nSPS) is 18.5. The van der Waals surface area contributed by atoms with E-state index in [2.05, 4.69) is 17.4 Å². The maximum atomic E-state index is 13.1. The summed E-state index contributed by atoms with van der Waals surface area (Å²) in [5, 5.41) is 11.8. The first-order valence-corrected chi connectivity index (χ1v) is 11.6. The number of benzene rings is 2. The van der Waals surface area contributed by atoms with Gasteiger partial charge in [-0.25, -0.2) is 4.79 Å². The number of rotatable bonds is 7. The maximum absolute atomic E-state index is 13.1. The van der Waals surface area contributed by atoms with Crippen molar-refractivity contribution < 1.29 is 24.2 Å². The van der Waals surface area contributed by atoms with Gasteiger partial charge in [0.2, 0.25) is 5.91 Å². The molecule has 0 radical (unpaired) electrons. The van der Waals surface area contributed by atoms with E-state index in [-0.39, 0.29) is 36.7 Å². The molecule has 5 rings (SSSR count). The summed E-state index contributed by atoms with van der Waals surface area (Å²) in [5.74, 6) is -1.29. The average Bonchev–Trinajstić information content (AvgIpc) is 3.32. The standard InChI is InChI=1S/C26H28N2O5/c29-23(30)10-9-22(24(31)28-14-13-26(16-28)11-12-26)27-25(32)33-15-21-19-7-3-1-5-17(19)18-6-2-4-8-20(18)21/h1-8,21-22H,9-16H2,(H,27,32)(H,29,30). The molecule has 2 N–H and O–H groups in total. The van der Waals surface area contributed by atoms with E-state index in [9.17, 15) is 14.4 Å². The Morgan fingerprint density at radius 3 is 2.24 bits per heavy atom. The van der Waals surface area contributed by atoms with Gasteiger partial charge in [-0.3, -0.25) is 9.59 Å². The number of fused-ring (bicyclic) bond motifs is 3. The zero-order chi connectivity index (χ0) is 23.0. The lowest BCUT2D eigenvalue weighted by Crippen LogP contribution is -2.48. The first-order chi connectivity index (χ1) is 16.0. The monoisotopic (exact) mass is 448 g/mol. The van der Waals surface area contributed by atoms with E-state index in [0.717, 1.165) is 41.5 Å². The van der Waals surface area contributed by atoms with Gasteiger partial charge in [0, 0.05) is 25.4 Å². The number of aliphatic carboxylic acids is 1. The average molecular weight is 449 g/mol. The number of carbonyl (C=O) groups is 3. The van der Waals surface area contributed by atoms with E-state index in [0.29, 0.717) is 13.1 Å². The van der Waals surface area contributed by atoms with Gasteiger partial charge < -0.3 is 20.1 Å². The van der Waals surface area contributed by atoms with Crippen LogP contribution in [0, 0.1) is 5.41 Å². The summed E-state index contributed by atoms with van der Waals surface area (Å²) in [6, 6.07) is 15.3. The predicted octanol–water partition coefficient (Wildman–Crippen LogP) is 3.77. The van der Waals surface area contributed by atoms with Crippen molar-refractivity contribution in [3.63, 3.8) is 0 Å². The number of hydrogen-bond acceptors (Lipinski definition) is 4. The molecule has 1 aliphatic heterocycles. The molecule has 3 aliphatic rings. The molecule has 1 atom stereocenters. The van der Waals surface area contributed by atoms with Crippen molar-refractivity contribution in [3.05, 3.63) is 59.7 Å². The van der Waals surface area contributed by atoms with Gasteiger partial charge in [-0.1, -0.05) is 48.5 Å². The lowest BCUT2D eigenvalue weighted by atomic mass is 9.98. The largest absolute Gasteiger partial charge is 0.481 e. The van der Waals surface area contributed by atoms with Crippen LogP contribution in [0.15, 0.2) is 48.5 Å². The molecule has 1 saturated carbocycles. The van der Waals surface area contributed by atoms with Crippen molar-refractivity contribution >= 4 is 18.0 Å². The number of alkyl carbamates (subject to hydrolysis) is 1. The van der Waals surface area contributed by atoms with E-state index in [4.69, 9.17) is 9.84 Å². The van der Waals surface area contributed by atoms with Gasteiger partial charge >= 0.3 is 12.1 Å². The zero-order valence-corrected chi connectivity index (χ0v) is 18.5. The van der Waals surface area contributed by atoms with Crippen molar-refractivity contribution in [1.82, 2.24) is 10.2 Å². The molecule has 2 aromatic carbocycles. The Balaban J connectivity index is 1.24. The molecule has 33 heavy (non-hydrogen) atoms. The second kappa shape index (κ2) is 8.54. The summed E-state index contributed by atoms with van der Waals surface area (Å²) in [6.07, 6.45) is 2.41. The minimum Gasteiger partial charge on any atom is -0.481 e. The van der Waals surface area contributed by atoms with Crippen molar-refractivity contribution in [3.8, 4) is 11.1 Å². The molecule has 2 fully saturated rings. The van der Waals surface area contributed by atoms with E-state index in [1.807, 2.05) is 36.4 Å². The summed E-state index contributed by atoms with van der Waals surface area (Å²) >= 11 is 0. The second-order valence-electron chi connectivity index (χ2n) is 9.46. The highest BCUT2D eigenvalue weighted by atomic mass is 16.5. The number of carboxylic acid groups (broad SMARTS) is 1. The highest BCUT2D eigenvalue weighted by molar-refractivity contribution is 5.86. The Morgan fingerprint density at radius 2 is 1.67 bits per heavy atom. The first kappa shape index (κ1) is 21.5. The van der Waals surface area contributed by atoms with Gasteiger partial charge in [-0.05, 0) is 53.4 Å². The van der Waals surface area contributed by atoms with Crippen LogP contribution in [0.3, 0.4) is 0 Å². The van der Waals surface area contributed by atoms with E-state index < -0.39 is 18.1 Å². The van der Waals surface area contributed by atoms with Crippen LogP contribution in [0.4, 0.5) is 4.79 Å². The van der Waals surface area contributed by atoms with Crippen LogP contribution in [0.5, 0.6) is 0 Å². The zero-order valence-electron chi connectivity index (χ0n) is 18.5. The fraction of sp³-hybridized carbons (Fsp3) is 0.423. The number of nitrogens with one attached hydrogen (secondary N) is 1. The summed E-state index contributed by atoms with van der Waals surface area (Å²) in [6.45, 7) is 1.50. The molecule has 0 aromatic heterocycles. The molecule has 2 aliphatic carbocycles. The molecular weight excluding hydrogens is 420 g/mol. The topological polar surface area (TPSA) is 95.9 Å². The van der Waals surface area contributed by atoms with Crippen LogP contribution in [0.2, 0.25) is 0 Å². The van der Waals surface area contributed by atoms with Gasteiger partial charge in [-0.2, -0.15) is 0 Å². The molecule has 1 spiro atoms. The van der Waals surface area contributed by atoms with Gasteiger partial charge in [-0.15, -0.1) is 0 Å². The number of carboxylic acids is 1. The van der Waals surface area contributed by atoms with Gasteiger partial charge in [0.15, 0.2) is 0 Å². The van der Waals surface area contributed by atoms with E-state index in [1.54, 1.807) is 4.90 Å². The summed E-state index contributed by atoms with van der Waals surface area (Å²) in [7, 11) is 0. The number of carbonyl (C=O) groups excluding carboxylic acids is 2. The minimum absolute atomic E-state index is 0.0435. The fourth-order valence-corrected chi connectivity index (χ4v) is 5.24. The number of nitrogens with zero attached hydrogens (tertiary/aromatic N) is 1. The Bertz CT molecular complexity index is 1050. The van der Waals surface area contributed by atoms with Crippen LogP contribution in [-0.2, 0) is 14.3 Å². The van der Waals surface area contributed by atoms with Crippen molar-refractivity contribution in [2.24, 2.45) is 5.41 Å². The number of amides is 2. The molecule has 1 heterocycles. The summed E-state index contributed by atoms with van der Waals surface area (Å²) in [4.78, 5) is 38.6. The van der Waals surface area contributed by atoms with E-state index >= 15 is 0 Å². The molecule has 172 valence electrons. The van der Waals surface area contributed by atoms with Crippen molar-refractivity contribution in [2.75, 3.05) is 19.7 Å². The highest BCUT2D eigenvalue weighted by Gasteiger charge is 2.49. The van der Waals surface area contributed by atoms with Crippen LogP contribution in [0.25, 0.3) is 11.1 Å². The SMILES string of the molecule is O=C(O)CCC(NC(=O)OCC1c2ccccc2-c2ccccc21)C(=O)N1CCC2(CC2)C1. The predicted molar refractivity (Wildman–Crippen MR) is 122 cm³/mol. The lowest BCUT2D eigenvalue weighted by molar-refractivity contribution is -0.137. The molecule has 1 unspecified atom stereocenters. The van der Waals surface area contributed by atoms with Crippen LogP contribution >= 0.6 is 0 Å². The minimum atomic E-state index is -0.998. The number of hydrogen-bond donors (Lipinski definition) is 2. The second-order valence-corrected chi connectivity index (χ2v) is 9.46. The molecule has 7 nitrogen and oxygen atoms in total. The van der Waals surface area contributed by atoms with Gasteiger partial charge in [0.1, 0.15) is 12.6 Å². The molecule has 7 heteroatoms. The maximum Gasteiger partial charge on any atom is 0.407 e. The third-order valence-corrected chi connectivity index (χ3v) is 7.29. The van der Waals surface area contributed by atoms with Crippen LogP contribution in [0.1, 0.15) is 49.1 Å². The highest BCUT2D eigenvalue weighted by Crippen LogP contribution is 2.52. The molecule has 1 saturated heterocycles. The molecule has 0 bridgehead atoms. The quantitative estimate of drug-likeness (QED) is 0.672. The smallest absolute Gasteiger partial charge is 0.407 e. The third kappa shape index (κ3) is 4.32. The lowest BCUT2D eigenvalue weighted by Gasteiger charge is -2.24. The molecule has 2 amide bonds. The van der Waals surface area contributed by atoms with Crippen molar-refractivity contribution in [2.45, 2.75) is 44.1 Å². The van der Waals surface area contributed by atoms with Gasteiger partial charge in [0.25, 0.3) is 0 Å². The number of ether oxygens (including phenoxy) is 1. The van der Waals surface area contributed by atoms with Crippen LogP contribution in [-0.4, -0.2) is 53.7 Å². The summed E-state index contributed by atoms with van der Waals surface area (Å²) < 4.78 is 5.57. The van der Waals surface area contributed by atoms with Gasteiger partial charge in [0.05, 0.1) is 0 Å². The number of likely N-dealkylation sites (tertiary alicyclic amines) is 1. The van der Waals surface area contributed by atoms with Crippen LogP contribution < -0.4 is 5.32 Å². The molecule has 2 aromatic rings. The fourth-order valence-electron chi connectivity index (χ4n) is 5.24. The Morgan fingerprint density at radius 1 is 1.03 bits per heavy atom. The summed E-state index contributed by atoms with van der Waals surface area (Å²) in [5.41, 5.74) is 4.75. The van der Waals surface area contributed by atoms with Crippen molar-refractivity contribution in [1.29, 1.82) is 0 Å². The Labute approximate surface area is 192 Å². The Kier molecular flexibility index (Phi) is 5.56. The molecular formula is C26H28N2O5. The first-order valence-electron chi connectivity index (χ1n) is 11.6.